The van der Waals surface area contributed by atoms with Crippen molar-refractivity contribution in [3.05, 3.63) is 54.6 Å². The Labute approximate surface area is 136 Å². The fourth-order valence-corrected chi connectivity index (χ4v) is 2.86. The summed E-state index contributed by atoms with van der Waals surface area (Å²) >= 11 is 0. The van der Waals surface area contributed by atoms with E-state index in [4.69, 9.17) is 4.84 Å². The van der Waals surface area contributed by atoms with Gasteiger partial charge in [-0.2, -0.15) is 10.3 Å². The second kappa shape index (κ2) is 6.38. The smallest absolute Gasteiger partial charge is 0.161 e. The van der Waals surface area contributed by atoms with Crippen LogP contribution in [-0.2, 0) is 17.0 Å². The van der Waals surface area contributed by atoms with Gasteiger partial charge < -0.3 is 4.57 Å². The molecule has 1 aliphatic heterocycles. The molecule has 2 N–H and O–H groups in total. The molecule has 0 bridgehead atoms. The van der Waals surface area contributed by atoms with Crippen molar-refractivity contribution >= 4 is 0 Å². The molecule has 0 aliphatic carbocycles. The molecule has 1 aliphatic rings. The Morgan fingerprint density at radius 1 is 1.30 bits per heavy atom. The molecule has 2 aromatic rings. The number of hydrazine groups is 1. The van der Waals surface area contributed by atoms with Crippen molar-refractivity contribution in [2.45, 2.75) is 25.6 Å². The zero-order valence-electron chi connectivity index (χ0n) is 13.9. The van der Waals surface area contributed by atoms with Crippen LogP contribution in [0.5, 0.6) is 0 Å². The molecule has 0 saturated carbocycles. The molecule has 23 heavy (non-hydrogen) atoms. The number of hydrogen-bond acceptors (Lipinski definition) is 5. The van der Waals surface area contributed by atoms with Crippen LogP contribution in [-0.4, -0.2) is 40.2 Å². The molecule has 124 valence electrons. The van der Waals surface area contributed by atoms with Crippen LogP contribution < -0.4 is 10.9 Å². The Morgan fingerprint density at radius 2 is 2.09 bits per heavy atom. The average Bonchev–Trinajstić information content (AvgIpc) is 3.13. The van der Waals surface area contributed by atoms with Gasteiger partial charge in [-0.3, -0.25) is 0 Å². The zero-order chi connectivity index (χ0) is 16.3. The van der Waals surface area contributed by atoms with Gasteiger partial charge in [0.05, 0.1) is 13.4 Å². The number of quaternary nitrogens is 1. The van der Waals surface area contributed by atoms with E-state index in [1.54, 1.807) is 6.20 Å². The summed E-state index contributed by atoms with van der Waals surface area (Å²) in [5.74, 6) is 0. The largest absolute Gasteiger partial charge is 0.337 e. The first-order valence-electron chi connectivity index (χ1n) is 7.86. The Kier molecular flexibility index (Phi) is 4.47. The van der Waals surface area contributed by atoms with Crippen LogP contribution >= 0.6 is 0 Å². The minimum absolute atomic E-state index is 0.176. The molecule has 1 aromatic carbocycles. The molecule has 2 heterocycles. The lowest BCUT2D eigenvalue weighted by atomic mass is 10.0. The van der Waals surface area contributed by atoms with Crippen molar-refractivity contribution in [1.29, 1.82) is 0 Å². The van der Waals surface area contributed by atoms with Crippen molar-refractivity contribution in [3.8, 4) is 0 Å². The predicted molar refractivity (Wildman–Crippen MR) is 86.8 cm³/mol. The minimum Gasteiger partial charge on any atom is -0.337 e. The lowest BCUT2D eigenvalue weighted by Gasteiger charge is -2.29. The monoisotopic (exact) mass is 317 g/mol. The van der Waals surface area contributed by atoms with Crippen molar-refractivity contribution < 1.29 is 9.70 Å². The van der Waals surface area contributed by atoms with Crippen LogP contribution in [0.3, 0.4) is 0 Å². The molecular formula is C16H25N6O+. The molecule has 0 radical (unpaired) electrons. The summed E-state index contributed by atoms with van der Waals surface area (Å²) in [4.78, 5) is 10.3. The van der Waals surface area contributed by atoms with Crippen LogP contribution in [0, 0.1) is 0 Å². The van der Waals surface area contributed by atoms with Gasteiger partial charge in [-0.1, -0.05) is 35.8 Å². The first kappa shape index (κ1) is 16.1. The number of imidazole rings is 1. The number of hydroxylamine groups is 1. The lowest BCUT2D eigenvalue weighted by Crippen LogP contribution is -2.59. The van der Waals surface area contributed by atoms with Crippen LogP contribution in [0.15, 0.2) is 49.1 Å². The van der Waals surface area contributed by atoms with Gasteiger partial charge in [0.25, 0.3) is 0 Å². The number of nitrogens with one attached hydrogen (secondary N) is 2. The fraction of sp³-hybridized carbons (Fsp3) is 0.438. The number of aromatic nitrogens is 2. The fourth-order valence-electron chi connectivity index (χ4n) is 2.86. The van der Waals surface area contributed by atoms with E-state index in [0.717, 1.165) is 18.5 Å². The van der Waals surface area contributed by atoms with Gasteiger partial charge in [0.15, 0.2) is 5.66 Å². The Hall–Kier alpha value is -1.77. The van der Waals surface area contributed by atoms with Gasteiger partial charge in [-0.15, -0.1) is 0 Å². The molecule has 3 rings (SSSR count). The number of aryl methyl sites for hydroxylation is 1. The highest BCUT2D eigenvalue weighted by Crippen LogP contribution is 2.26. The average molecular weight is 317 g/mol. The van der Waals surface area contributed by atoms with Crippen molar-refractivity contribution in [3.63, 3.8) is 0 Å². The van der Waals surface area contributed by atoms with Crippen LogP contribution in [0.1, 0.15) is 18.9 Å². The number of nitrogens with zero attached hydrogens (tertiary/aromatic N) is 4. The number of benzene rings is 1. The SMILES string of the molecule is CN1NC(C)(c2ccccc2)N[N+]1(C)OCCCn1ccnc1. The number of hydrogen-bond donors (Lipinski definition) is 2. The van der Waals surface area contributed by atoms with E-state index in [-0.39, 0.29) is 10.5 Å². The van der Waals surface area contributed by atoms with E-state index >= 15 is 0 Å². The van der Waals surface area contributed by atoms with Gasteiger partial charge in [0.1, 0.15) is 13.7 Å². The maximum absolute atomic E-state index is 6.07. The number of rotatable bonds is 6. The maximum atomic E-state index is 6.07. The standard InChI is InChI=1S/C16H25N6O/c1-16(15-8-5-4-6-9-15)18-20(2)22(3,19-16)23-13-7-11-21-12-10-17-14-21/h4-6,8-10,12,14,18-19H,7,11,13H2,1-3H3/q+1. The van der Waals surface area contributed by atoms with E-state index in [1.165, 1.54) is 0 Å². The summed E-state index contributed by atoms with van der Waals surface area (Å²) in [6.07, 6.45) is 6.50. The molecular weight excluding hydrogens is 292 g/mol. The first-order chi connectivity index (χ1) is 11.0. The van der Waals surface area contributed by atoms with Crippen molar-refractivity contribution in [2.24, 2.45) is 0 Å². The third-order valence-corrected chi connectivity index (χ3v) is 4.20. The van der Waals surface area contributed by atoms with E-state index in [2.05, 4.69) is 39.5 Å². The molecule has 7 heteroatoms. The van der Waals surface area contributed by atoms with Gasteiger partial charge in [-0.25, -0.2) is 4.98 Å². The van der Waals surface area contributed by atoms with Gasteiger partial charge in [0, 0.05) is 18.9 Å². The van der Waals surface area contributed by atoms with E-state index < -0.39 is 0 Å². The summed E-state index contributed by atoms with van der Waals surface area (Å²) in [7, 11) is 3.95. The topological polar surface area (TPSA) is 54.4 Å². The highest BCUT2D eigenvalue weighted by atomic mass is 16.8. The van der Waals surface area contributed by atoms with E-state index in [9.17, 15) is 0 Å². The molecule has 1 saturated heterocycles. The van der Waals surface area contributed by atoms with Gasteiger partial charge in [-0.05, 0) is 28.9 Å². The lowest BCUT2D eigenvalue weighted by molar-refractivity contribution is -1.20. The summed E-state index contributed by atoms with van der Waals surface area (Å²) in [6, 6.07) is 10.3. The zero-order valence-corrected chi connectivity index (χ0v) is 13.9. The van der Waals surface area contributed by atoms with Crippen molar-refractivity contribution in [1.82, 2.24) is 25.5 Å². The molecule has 2 unspecified atom stereocenters. The van der Waals surface area contributed by atoms with E-state index in [0.29, 0.717) is 6.61 Å². The molecule has 0 spiro atoms. The summed E-state index contributed by atoms with van der Waals surface area (Å²) in [5, 5.41) is 1.93. The minimum atomic E-state index is -0.380. The highest BCUT2D eigenvalue weighted by Gasteiger charge is 2.50. The second-order valence-corrected chi connectivity index (χ2v) is 6.10. The summed E-state index contributed by atoms with van der Waals surface area (Å²) < 4.78 is 2.05. The maximum Gasteiger partial charge on any atom is 0.161 e. The summed E-state index contributed by atoms with van der Waals surface area (Å²) in [6.45, 7) is 3.64. The summed E-state index contributed by atoms with van der Waals surface area (Å²) in [5.41, 5.74) is 7.74. The second-order valence-electron chi connectivity index (χ2n) is 6.10. The Morgan fingerprint density at radius 3 is 2.78 bits per heavy atom. The van der Waals surface area contributed by atoms with Gasteiger partial charge in [0.2, 0.25) is 0 Å². The normalized spacial score (nSPS) is 28.3. The van der Waals surface area contributed by atoms with Gasteiger partial charge >= 0.3 is 0 Å². The predicted octanol–water partition coefficient (Wildman–Crippen LogP) is 1.39. The molecule has 1 aromatic heterocycles. The van der Waals surface area contributed by atoms with Crippen molar-refractivity contribution in [2.75, 3.05) is 20.7 Å². The Bertz CT molecular complexity index is 619. The van der Waals surface area contributed by atoms with Crippen LogP contribution in [0.25, 0.3) is 0 Å². The van der Waals surface area contributed by atoms with Crippen LogP contribution in [0.4, 0.5) is 0 Å². The highest BCUT2D eigenvalue weighted by molar-refractivity contribution is 5.22. The quantitative estimate of drug-likeness (QED) is 0.623. The molecule has 2 atom stereocenters. The first-order valence-corrected chi connectivity index (χ1v) is 7.86. The molecule has 0 amide bonds. The third-order valence-electron chi connectivity index (χ3n) is 4.20. The van der Waals surface area contributed by atoms with E-state index in [1.807, 2.05) is 49.9 Å². The molecule has 7 nitrogen and oxygen atoms in total. The van der Waals surface area contributed by atoms with Crippen LogP contribution in [0.2, 0.25) is 0 Å². The molecule has 1 fully saturated rings. The Balaban J connectivity index is 1.58. The third kappa shape index (κ3) is 3.44.